The third kappa shape index (κ3) is 4.84. The zero-order chi connectivity index (χ0) is 14.7. The van der Waals surface area contributed by atoms with Crippen LogP contribution in [0.1, 0.15) is 0 Å². The number of sulfonamides is 2. The van der Waals surface area contributed by atoms with E-state index in [4.69, 9.17) is 0 Å². The summed E-state index contributed by atoms with van der Waals surface area (Å²) >= 11 is 3.18. The molecule has 0 saturated heterocycles. The average molecular weight is 371 g/mol. The van der Waals surface area contributed by atoms with Gasteiger partial charge in [0.1, 0.15) is 0 Å². The zero-order valence-electron chi connectivity index (χ0n) is 10.5. The molecule has 108 valence electrons. The Balaban J connectivity index is 2.73. The standard InChI is InChI=1S/C10H15BrN2O4S2/c1-13(2)18(14,15)7-6-12-19(16,17)10-5-3-4-9(11)8-10/h3-5,8,12H,6-7H2,1-2H3. The highest BCUT2D eigenvalue weighted by Crippen LogP contribution is 2.15. The van der Waals surface area contributed by atoms with Crippen LogP contribution in [0.15, 0.2) is 33.6 Å². The highest BCUT2D eigenvalue weighted by molar-refractivity contribution is 9.10. The van der Waals surface area contributed by atoms with Crippen LogP contribution in [0.5, 0.6) is 0 Å². The Morgan fingerprint density at radius 2 is 1.84 bits per heavy atom. The number of benzene rings is 1. The molecule has 0 spiro atoms. The second-order valence-electron chi connectivity index (χ2n) is 3.95. The second kappa shape index (κ2) is 6.31. The van der Waals surface area contributed by atoms with Gasteiger partial charge in [-0.15, -0.1) is 0 Å². The first-order valence-electron chi connectivity index (χ1n) is 5.30. The summed E-state index contributed by atoms with van der Waals surface area (Å²) in [5, 5.41) is 0. The molecule has 9 heteroatoms. The summed E-state index contributed by atoms with van der Waals surface area (Å²) in [4.78, 5) is 0.0872. The van der Waals surface area contributed by atoms with E-state index in [2.05, 4.69) is 20.7 Å². The molecule has 1 rings (SSSR count). The van der Waals surface area contributed by atoms with E-state index in [-0.39, 0.29) is 17.2 Å². The third-order valence-corrected chi connectivity index (χ3v) is 6.10. The van der Waals surface area contributed by atoms with Gasteiger partial charge in [-0.2, -0.15) is 0 Å². The molecule has 0 aromatic heterocycles. The van der Waals surface area contributed by atoms with Gasteiger partial charge in [-0.25, -0.2) is 25.9 Å². The van der Waals surface area contributed by atoms with Gasteiger partial charge in [0.15, 0.2) is 0 Å². The van der Waals surface area contributed by atoms with Gasteiger partial charge in [0.2, 0.25) is 20.0 Å². The number of hydrogen-bond donors (Lipinski definition) is 1. The van der Waals surface area contributed by atoms with Crippen molar-refractivity contribution < 1.29 is 16.8 Å². The van der Waals surface area contributed by atoms with E-state index < -0.39 is 20.0 Å². The van der Waals surface area contributed by atoms with E-state index in [1.807, 2.05) is 0 Å². The number of hydrogen-bond acceptors (Lipinski definition) is 4. The van der Waals surface area contributed by atoms with Gasteiger partial charge in [0.05, 0.1) is 10.6 Å². The molecule has 0 unspecified atom stereocenters. The molecule has 6 nitrogen and oxygen atoms in total. The molecule has 0 aliphatic rings. The Labute approximate surface area is 122 Å². The molecule has 1 aromatic carbocycles. The Hall–Kier alpha value is -0.480. The minimum absolute atomic E-state index is 0.0872. The SMILES string of the molecule is CN(C)S(=O)(=O)CCNS(=O)(=O)c1cccc(Br)c1. The van der Waals surface area contributed by atoms with Gasteiger partial charge in [-0.1, -0.05) is 22.0 Å². The summed E-state index contributed by atoms with van der Waals surface area (Å²) in [6.07, 6.45) is 0. The topological polar surface area (TPSA) is 83.6 Å². The summed E-state index contributed by atoms with van der Waals surface area (Å²) in [6, 6.07) is 6.18. The molecule has 0 radical (unpaired) electrons. The predicted molar refractivity (Wildman–Crippen MR) is 76.8 cm³/mol. The first kappa shape index (κ1) is 16.6. The maximum atomic E-state index is 11.9. The van der Waals surface area contributed by atoms with Crippen molar-refractivity contribution in [3.63, 3.8) is 0 Å². The van der Waals surface area contributed by atoms with E-state index in [1.165, 1.54) is 26.2 Å². The van der Waals surface area contributed by atoms with Crippen molar-refractivity contribution in [2.24, 2.45) is 0 Å². The summed E-state index contributed by atoms with van der Waals surface area (Å²) in [5.41, 5.74) is 0. The van der Waals surface area contributed by atoms with E-state index >= 15 is 0 Å². The summed E-state index contributed by atoms with van der Waals surface area (Å²) in [6.45, 7) is -0.171. The van der Waals surface area contributed by atoms with Crippen molar-refractivity contribution in [1.29, 1.82) is 0 Å². The number of nitrogens with zero attached hydrogens (tertiary/aromatic N) is 1. The van der Waals surface area contributed by atoms with Gasteiger partial charge in [0, 0.05) is 25.1 Å². The van der Waals surface area contributed by atoms with Gasteiger partial charge in [-0.3, -0.25) is 0 Å². The zero-order valence-corrected chi connectivity index (χ0v) is 13.7. The van der Waals surface area contributed by atoms with Crippen LogP contribution in [0.4, 0.5) is 0 Å². The van der Waals surface area contributed by atoms with Crippen LogP contribution in [0.2, 0.25) is 0 Å². The van der Waals surface area contributed by atoms with E-state index in [0.29, 0.717) is 4.47 Å². The average Bonchev–Trinajstić information content (AvgIpc) is 2.28. The smallest absolute Gasteiger partial charge is 0.212 e. The largest absolute Gasteiger partial charge is 0.240 e. The molecular formula is C10H15BrN2O4S2. The normalized spacial score (nSPS) is 12.8. The van der Waals surface area contributed by atoms with Crippen molar-refractivity contribution in [1.82, 2.24) is 9.03 Å². The lowest BCUT2D eigenvalue weighted by atomic mass is 10.4. The Morgan fingerprint density at radius 3 is 2.37 bits per heavy atom. The Bertz CT molecular complexity index is 641. The lowest BCUT2D eigenvalue weighted by Gasteiger charge is -2.12. The quantitative estimate of drug-likeness (QED) is 0.795. The lowest BCUT2D eigenvalue weighted by Crippen LogP contribution is -2.33. The van der Waals surface area contributed by atoms with Crippen molar-refractivity contribution in [3.05, 3.63) is 28.7 Å². The van der Waals surface area contributed by atoms with E-state index in [9.17, 15) is 16.8 Å². The molecule has 0 atom stereocenters. The van der Waals surface area contributed by atoms with Crippen LogP contribution in [0.3, 0.4) is 0 Å². The molecule has 0 saturated carbocycles. The molecule has 1 N–H and O–H groups in total. The monoisotopic (exact) mass is 370 g/mol. The van der Waals surface area contributed by atoms with Crippen molar-refractivity contribution >= 4 is 36.0 Å². The van der Waals surface area contributed by atoms with Gasteiger partial charge in [-0.05, 0) is 18.2 Å². The number of rotatable bonds is 6. The molecule has 1 aromatic rings. The van der Waals surface area contributed by atoms with E-state index in [0.717, 1.165) is 4.31 Å². The third-order valence-electron chi connectivity index (χ3n) is 2.31. The van der Waals surface area contributed by atoms with Crippen LogP contribution in [0, 0.1) is 0 Å². The molecule has 0 aliphatic carbocycles. The second-order valence-corrected chi connectivity index (χ2v) is 8.94. The summed E-state index contributed by atoms with van der Waals surface area (Å²) in [5.74, 6) is -0.284. The number of nitrogens with one attached hydrogen (secondary N) is 1. The Morgan fingerprint density at radius 1 is 1.21 bits per heavy atom. The highest BCUT2D eigenvalue weighted by Gasteiger charge is 2.17. The van der Waals surface area contributed by atoms with Crippen LogP contribution in [-0.2, 0) is 20.0 Å². The molecular weight excluding hydrogens is 356 g/mol. The first-order chi connectivity index (χ1) is 8.65. The fourth-order valence-electron chi connectivity index (χ4n) is 1.21. The maximum Gasteiger partial charge on any atom is 0.240 e. The van der Waals surface area contributed by atoms with Gasteiger partial charge in [0.25, 0.3) is 0 Å². The van der Waals surface area contributed by atoms with Crippen molar-refractivity contribution in [2.75, 3.05) is 26.4 Å². The van der Waals surface area contributed by atoms with Crippen molar-refractivity contribution in [3.8, 4) is 0 Å². The van der Waals surface area contributed by atoms with E-state index in [1.54, 1.807) is 12.1 Å². The van der Waals surface area contributed by atoms with Crippen LogP contribution in [-0.4, -0.2) is 47.5 Å². The molecule has 0 heterocycles. The van der Waals surface area contributed by atoms with Crippen LogP contribution >= 0.6 is 15.9 Å². The minimum Gasteiger partial charge on any atom is -0.212 e. The molecule has 0 bridgehead atoms. The van der Waals surface area contributed by atoms with Crippen molar-refractivity contribution in [2.45, 2.75) is 4.90 Å². The maximum absolute atomic E-state index is 11.9. The number of halogens is 1. The van der Waals surface area contributed by atoms with Crippen LogP contribution in [0.25, 0.3) is 0 Å². The molecule has 0 fully saturated rings. The molecule has 0 aliphatic heterocycles. The minimum atomic E-state index is -3.69. The first-order valence-corrected chi connectivity index (χ1v) is 9.19. The van der Waals surface area contributed by atoms with Gasteiger partial charge >= 0.3 is 0 Å². The predicted octanol–water partition coefficient (Wildman–Crippen LogP) is 0.619. The van der Waals surface area contributed by atoms with Gasteiger partial charge < -0.3 is 0 Å². The summed E-state index contributed by atoms with van der Waals surface area (Å²) < 4.78 is 50.7. The molecule has 0 amide bonds. The fraction of sp³-hybridized carbons (Fsp3) is 0.400. The Kier molecular flexibility index (Phi) is 5.51. The molecule has 19 heavy (non-hydrogen) atoms. The van der Waals surface area contributed by atoms with Crippen LogP contribution < -0.4 is 4.72 Å². The highest BCUT2D eigenvalue weighted by atomic mass is 79.9. The lowest BCUT2D eigenvalue weighted by molar-refractivity contribution is 0.519. The fourth-order valence-corrected chi connectivity index (χ4v) is 3.69. The summed E-state index contributed by atoms with van der Waals surface area (Å²) in [7, 11) is -4.31.